The first kappa shape index (κ1) is 10.8. The van der Waals surface area contributed by atoms with Gasteiger partial charge < -0.3 is 10.8 Å². The highest BCUT2D eigenvalue weighted by atomic mass is 14.3. The molecule has 0 heterocycles. The second-order valence-electron chi connectivity index (χ2n) is 2.54. The van der Waals surface area contributed by atoms with Gasteiger partial charge in [0.2, 0.25) is 0 Å². The molecule has 0 spiro atoms. The molecule has 0 amide bonds. The largest absolute Gasteiger partial charge is 0.309 e. The van der Waals surface area contributed by atoms with Gasteiger partial charge in [-0.15, -0.1) is 0 Å². The molecule has 0 saturated heterocycles. The van der Waals surface area contributed by atoms with Crippen molar-refractivity contribution in [3.8, 4) is 0 Å². The van der Waals surface area contributed by atoms with E-state index in [4.69, 9.17) is 10.8 Å². The van der Waals surface area contributed by atoms with E-state index in [0.717, 1.165) is 24.8 Å². The molecule has 2 N–H and O–H groups in total. The Hall–Kier alpha value is -1.18. The molecule has 0 saturated carbocycles. The SMILES string of the molecule is CCCCC(=CC=N)/C=C\C=N. The number of rotatable bonds is 6. The summed E-state index contributed by atoms with van der Waals surface area (Å²) >= 11 is 0. The number of unbranched alkanes of at least 4 members (excludes halogenated alkanes) is 1. The van der Waals surface area contributed by atoms with Crippen LogP contribution in [0.15, 0.2) is 23.8 Å². The highest BCUT2D eigenvalue weighted by Gasteiger charge is 1.89. The topological polar surface area (TPSA) is 47.7 Å². The second-order valence-corrected chi connectivity index (χ2v) is 2.54. The fourth-order valence-corrected chi connectivity index (χ4v) is 0.882. The molecule has 0 atom stereocenters. The lowest BCUT2D eigenvalue weighted by atomic mass is 10.1. The summed E-state index contributed by atoms with van der Waals surface area (Å²) in [4.78, 5) is 0. The molecule has 0 rings (SSSR count). The minimum Gasteiger partial charge on any atom is -0.309 e. The molecule has 0 radical (unpaired) electrons. The highest BCUT2D eigenvalue weighted by Crippen LogP contribution is 2.07. The third kappa shape index (κ3) is 5.59. The molecule has 66 valence electrons. The van der Waals surface area contributed by atoms with Crippen LogP contribution in [0.4, 0.5) is 0 Å². The zero-order valence-corrected chi connectivity index (χ0v) is 7.51. The van der Waals surface area contributed by atoms with Crippen LogP contribution in [0.3, 0.4) is 0 Å². The van der Waals surface area contributed by atoms with Crippen LogP contribution in [0.2, 0.25) is 0 Å². The molecule has 0 aromatic rings. The van der Waals surface area contributed by atoms with Gasteiger partial charge in [-0.05, 0) is 30.6 Å². The maximum absolute atomic E-state index is 6.91. The molecule has 0 aromatic carbocycles. The summed E-state index contributed by atoms with van der Waals surface area (Å²) < 4.78 is 0. The van der Waals surface area contributed by atoms with Gasteiger partial charge in [-0.1, -0.05) is 19.4 Å². The Morgan fingerprint density at radius 3 is 2.50 bits per heavy atom. The number of hydrogen-bond donors (Lipinski definition) is 2. The Labute approximate surface area is 74.0 Å². The lowest BCUT2D eigenvalue weighted by molar-refractivity contribution is 0.798. The minimum atomic E-state index is 0.996. The van der Waals surface area contributed by atoms with Crippen LogP contribution in [-0.2, 0) is 0 Å². The van der Waals surface area contributed by atoms with Crippen molar-refractivity contribution in [1.29, 1.82) is 10.8 Å². The maximum atomic E-state index is 6.91. The molecule has 0 aromatic heterocycles. The molecule has 0 aliphatic heterocycles. The van der Waals surface area contributed by atoms with Gasteiger partial charge in [0, 0.05) is 12.4 Å². The van der Waals surface area contributed by atoms with Gasteiger partial charge in [-0.25, -0.2) is 0 Å². The van der Waals surface area contributed by atoms with E-state index in [0.29, 0.717) is 0 Å². The predicted octanol–water partition coefficient (Wildman–Crippen LogP) is 2.96. The molecular formula is C10H16N2. The van der Waals surface area contributed by atoms with Crippen molar-refractivity contribution in [3.05, 3.63) is 23.8 Å². The molecular weight excluding hydrogens is 148 g/mol. The van der Waals surface area contributed by atoms with Crippen LogP contribution in [0.25, 0.3) is 0 Å². The standard InChI is InChI=1S/C10H16N2/c1-2-3-5-10(7-9-12)6-4-8-11/h4,6-9,11-12H,2-3,5H2,1H3/b6-4-,10-7?,11-8?,12-9?. The number of hydrogen-bond acceptors (Lipinski definition) is 2. The molecule has 0 unspecified atom stereocenters. The molecule has 0 bridgehead atoms. The number of nitrogens with one attached hydrogen (secondary N) is 2. The second kappa shape index (κ2) is 7.92. The predicted molar refractivity (Wildman–Crippen MR) is 54.3 cm³/mol. The number of allylic oxidation sites excluding steroid dienone is 4. The Morgan fingerprint density at radius 1 is 1.25 bits per heavy atom. The van der Waals surface area contributed by atoms with E-state index < -0.39 is 0 Å². The molecule has 0 aliphatic carbocycles. The molecule has 0 aliphatic rings. The summed E-state index contributed by atoms with van der Waals surface area (Å²) in [5.41, 5.74) is 1.12. The Bertz CT molecular complexity index is 190. The lowest BCUT2D eigenvalue weighted by Gasteiger charge is -1.97. The van der Waals surface area contributed by atoms with Crippen LogP contribution < -0.4 is 0 Å². The van der Waals surface area contributed by atoms with E-state index in [-0.39, 0.29) is 0 Å². The first-order valence-corrected chi connectivity index (χ1v) is 4.22. The molecule has 2 nitrogen and oxygen atoms in total. The van der Waals surface area contributed by atoms with Gasteiger partial charge in [0.05, 0.1) is 0 Å². The Kier molecular flexibility index (Phi) is 7.14. The average Bonchev–Trinajstić information content (AvgIpc) is 2.10. The van der Waals surface area contributed by atoms with Crippen molar-refractivity contribution < 1.29 is 0 Å². The van der Waals surface area contributed by atoms with E-state index in [1.54, 1.807) is 12.2 Å². The van der Waals surface area contributed by atoms with E-state index in [1.165, 1.54) is 12.4 Å². The highest BCUT2D eigenvalue weighted by molar-refractivity contribution is 5.72. The van der Waals surface area contributed by atoms with E-state index in [2.05, 4.69) is 6.92 Å². The Balaban J connectivity index is 4.03. The third-order valence-corrected chi connectivity index (χ3v) is 1.52. The van der Waals surface area contributed by atoms with Crippen LogP contribution in [-0.4, -0.2) is 12.4 Å². The van der Waals surface area contributed by atoms with Crippen molar-refractivity contribution in [2.75, 3.05) is 0 Å². The van der Waals surface area contributed by atoms with Crippen LogP contribution in [0, 0.1) is 10.8 Å². The van der Waals surface area contributed by atoms with Crippen molar-refractivity contribution in [2.24, 2.45) is 0 Å². The first-order chi connectivity index (χ1) is 5.85. The van der Waals surface area contributed by atoms with Crippen molar-refractivity contribution in [1.82, 2.24) is 0 Å². The maximum Gasteiger partial charge on any atom is 0.0180 e. The quantitative estimate of drug-likeness (QED) is 0.448. The summed E-state index contributed by atoms with van der Waals surface area (Å²) in [7, 11) is 0. The zero-order chi connectivity index (χ0) is 9.23. The van der Waals surface area contributed by atoms with Crippen LogP contribution >= 0.6 is 0 Å². The summed E-state index contributed by atoms with van der Waals surface area (Å²) in [5.74, 6) is 0. The van der Waals surface area contributed by atoms with Gasteiger partial charge in [-0.2, -0.15) is 0 Å². The van der Waals surface area contributed by atoms with Crippen LogP contribution in [0.5, 0.6) is 0 Å². The summed E-state index contributed by atoms with van der Waals surface area (Å²) in [6, 6.07) is 0. The molecule has 2 heteroatoms. The van der Waals surface area contributed by atoms with Crippen molar-refractivity contribution in [2.45, 2.75) is 26.2 Å². The zero-order valence-electron chi connectivity index (χ0n) is 7.51. The summed E-state index contributed by atoms with van der Waals surface area (Å²) in [6.07, 6.45) is 11.2. The minimum absolute atomic E-state index is 0.996. The van der Waals surface area contributed by atoms with Crippen LogP contribution in [0.1, 0.15) is 26.2 Å². The first-order valence-electron chi connectivity index (χ1n) is 4.22. The van der Waals surface area contributed by atoms with Crippen molar-refractivity contribution >= 4 is 12.4 Å². The van der Waals surface area contributed by atoms with E-state index in [9.17, 15) is 0 Å². The molecule has 12 heavy (non-hydrogen) atoms. The van der Waals surface area contributed by atoms with E-state index >= 15 is 0 Å². The normalized spacial score (nSPS) is 11.9. The third-order valence-electron chi connectivity index (χ3n) is 1.52. The summed E-state index contributed by atoms with van der Waals surface area (Å²) in [6.45, 7) is 2.14. The smallest absolute Gasteiger partial charge is 0.0180 e. The van der Waals surface area contributed by atoms with E-state index in [1.807, 2.05) is 6.08 Å². The van der Waals surface area contributed by atoms with Gasteiger partial charge in [0.25, 0.3) is 0 Å². The van der Waals surface area contributed by atoms with Gasteiger partial charge in [-0.3, -0.25) is 0 Å². The fraction of sp³-hybridized carbons (Fsp3) is 0.400. The average molecular weight is 164 g/mol. The molecule has 0 fully saturated rings. The monoisotopic (exact) mass is 164 g/mol. The van der Waals surface area contributed by atoms with Gasteiger partial charge >= 0.3 is 0 Å². The fourth-order valence-electron chi connectivity index (χ4n) is 0.882. The summed E-state index contributed by atoms with van der Waals surface area (Å²) in [5, 5.41) is 13.7. The van der Waals surface area contributed by atoms with Crippen molar-refractivity contribution in [3.63, 3.8) is 0 Å². The Morgan fingerprint density at radius 2 is 2.00 bits per heavy atom. The van der Waals surface area contributed by atoms with Gasteiger partial charge in [0.1, 0.15) is 0 Å². The lowest BCUT2D eigenvalue weighted by Crippen LogP contribution is -1.80. The van der Waals surface area contributed by atoms with Gasteiger partial charge in [0.15, 0.2) is 0 Å².